The van der Waals surface area contributed by atoms with Gasteiger partial charge >= 0.3 is 0 Å². The second kappa shape index (κ2) is 10.00. The summed E-state index contributed by atoms with van der Waals surface area (Å²) in [4.78, 5) is 1.31. The molecule has 1 unspecified atom stereocenters. The lowest BCUT2D eigenvalue weighted by Crippen LogP contribution is -2.53. The summed E-state index contributed by atoms with van der Waals surface area (Å²) < 4.78 is 19.6. The molecule has 1 aromatic carbocycles. The summed E-state index contributed by atoms with van der Waals surface area (Å²) in [6, 6.07) is 10.7. The molecule has 0 saturated carbocycles. The quantitative estimate of drug-likeness (QED) is 0.152. The molecule has 4 nitrogen and oxygen atoms in total. The first-order valence-electron chi connectivity index (χ1n) is 10.4. The molecular formula is C19H44N3OPSSi4. The van der Waals surface area contributed by atoms with Gasteiger partial charge in [0.25, 0.3) is 0 Å². The Morgan fingerprint density at radius 1 is 0.897 bits per heavy atom. The van der Waals surface area contributed by atoms with Crippen LogP contribution in [0, 0.1) is 0 Å². The van der Waals surface area contributed by atoms with Crippen LogP contribution in [0.15, 0.2) is 39.6 Å². The molecule has 0 aliphatic carbocycles. The topological polar surface area (TPSA) is 36.9 Å². The van der Waals surface area contributed by atoms with Crippen LogP contribution in [0.2, 0.25) is 78.6 Å². The molecule has 0 fully saturated rings. The van der Waals surface area contributed by atoms with E-state index in [2.05, 4.69) is 118 Å². The molecule has 0 saturated heterocycles. The number of nitrogens with zero attached hydrogens (tertiary/aromatic N) is 2. The van der Waals surface area contributed by atoms with Gasteiger partial charge in [-0.15, -0.1) is 11.8 Å². The van der Waals surface area contributed by atoms with Crippen molar-refractivity contribution in [2.45, 2.75) is 83.5 Å². The Hall–Kier alpha value is 0.548. The highest BCUT2D eigenvalue weighted by Gasteiger charge is 2.44. The first kappa shape index (κ1) is 27.6. The first-order chi connectivity index (χ1) is 12.8. The van der Waals surface area contributed by atoms with Gasteiger partial charge in [-0.05, 0) is 51.4 Å². The third-order valence-electron chi connectivity index (χ3n) is 3.52. The number of rotatable bonds is 10. The van der Waals surface area contributed by atoms with Gasteiger partial charge in [-0.1, -0.05) is 57.5 Å². The second-order valence-electron chi connectivity index (χ2n) is 11.5. The van der Waals surface area contributed by atoms with Crippen LogP contribution in [-0.4, -0.2) is 43.2 Å². The van der Waals surface area contributed by atoms with Crippen molar-refractivity contribution in [2.24, 2.45) is 4.41 Å². The number of hydrogen-bond donors (Lipinski definition) is 1. The molecular weight excluding hydrogens is 462 g/mol. The van der Waals surface area contributed by atoms with Crippen LogP contribution < -0.4 is 4.75 Å². The fourth-order valence-corrected chi connectivity index (χ4v) is 23.3. The second-order valence-corrected chi connectivity index (χ2v) is 34.9. The maximum absolute atomic E-state index is 7.14. The lowest BCUT2D eigenvalue weighted by atomic mass is 10.4. The average molecular weight is 506 g/mol. The Balaban J connectivity index is 3.61. The van der Waals surface area contributed by atoms with E-state index in [1.165, 1.54) is 4.90 Å². The fourth-order valence-electron chi connectivity index (χ4n) is 2.79. The predicted octanol–water partition coefficient (Wildman–Crippen LogP) is 7.93. The Kier molecular flexibility index (Phi) is 9.51. The van der Waals surface area contributed by atoms with Crippen molar-refractivity contribution in [3.8, 4) is 0 Å². The van der Waals surface area contributed by atoms with Crippen molar-refractivity contribution in [2.75, 3.05) is 5.88 Å². The van der Waals surface area contributed by atoms with Gasteiger partial charge in [-0.3, -0.25) is 13.5 Å². The minimum absolute atomic E-state index is 0.920. The normalized spacial score (nSPS) is 16.0. The lowest BCUT2D eigenvalue weighted by molar-refractivity contribution is 0.542. The summed E-state index contributed by atoms with van der Waals surface area (Å²) in [7, 11) is -9.24. The summed E-state index contributed by atoms with van der Waals surface area (Å²) in [6.07, 6.45) is 0. The number of hydrogen-bond acceptors (Lipinski definition) is 3. The van der Waals surface area contributed by atoms with Crippen molar-refractivity contribution in [3.63, 3.8) is 0 Å². The molecule has 1 N–H and O–H groups in total. The smallest absolute Gasteiger partial charge is 0.193 e. The van der Waals surface area contributed by atoms with Gasteiger partial charge in [0.15, 0.2) is 24.1 Å². The minimum atomic E-state index is -2.29. The van der Waals surface area contributed by atoms with Crippen LogP contribution in [0.5, 0.6) is 0 Å². The van der Waals surface area contributed by atoms with Crippen LogP contribution in [0.25, 0.3) is 0 Å². The Morgan fingerprint density at radius 2 is 1.41 bits per heavy atom. The molecule has 0 spiro atoms. The number of nitrogens with one attached hydrogen (secondary N) is 1. The highest BCUT2D eigenvalue weighted by atomic mass is 32.2. The molecule has 29 heavy (non-hydrogen) atoms. The third kappa shape index (κ3) is 10.6. The summed E-state index contributed by atoms with van der Waals surface area (Å²) >= 11 is 1.91. The first-order valence-corrected chi connectivity index (χ1v) is 26.8. The monoisotopic (exact) mass is 505 g/mol. The standard InChI is InChI=1S/C19H44N3OPSSi4/c1-26(2,3)20-24(21-27(4,5)6,23-29(10,11)12)22(28(7,8)9)18-25-19-16-14-13-15-17-19/h13-17,20H,18H2,1-12H3. The van der Waals surface area contributed by atoms with Crippen molar-refractivity contribution >= 4 is 52.4 Å². The van der Waals surface area contributed by atoms with E-state index in [1.54, 1.807) is 0 Å². The van der Waals surface area contributed by atoms with Gasteiger partial charge in [0.1, 0.15) is 16.5 Å². The molecule has 1 rings (SSSR count). The van der Waals surface area contributed by atoms with Crippen molar-refractivity contribution in [3.05, 3.63) is 30.3 Å². The molecule has 0 heterocycles. The Bertz CT molecular complexity index is 687. The maximum atomic E-state index is 7.14. The number of thioether (sulfide) groups is 1. The molecule has 1 aromatic rings. The molecule has 0 bridgehead atoms. The van der Waals surface area contributed by atoms with Gasteiger partial charge in [0, 0.05) is 4.90 Å². The number of benzene rings is 1. The van der Waals surface area contributed by atoms with Gasteiger partial charge in [-0.25, -0.2) is 0 Å². The third-order valence-corrected chi connectivity index (χ3v) is 20.6. The van der Waals surface area contributed by atoms with Crippen LogP contribution in [-0.2, 0) is 4.21 Å². The molecule has 0 radical (unpaired) electrons. The van der Waals surface area contributed by atoms with Crippen molar-refractivity contribution in [1.82, 2.24) is 9.09 Å². The largest absolute Gasteiger partial charge is 0.365 e. The Morgan fingerprint density at radius 3 is 1.79 bits per heavy atom. The maximum Gasteiger partial charge on any atom is 0.193 e. The summed E-state index contributed by atoms with van der Waals surface area (Å²) in [5.41, 5.74) is 0. The van der Waals surface area contributed by atoms with E-state index in [0.717, 1.165) is 5.88 Å². The van der Waals surface area contributed by atoms with E-state index in [0.29, 0.717) is 0 Å². The van der Waals surface area contributed by atoms with E-state index in [4.69, 9.17) is 8.62 Å². The Labute approximate surface area is 189 Å². The highest BCUT2D eigenvalue weighted by molar-refractivity contribution is 7.99. The van der Waals surface area contributed by atoms with Crippen LogP contribution >= 0.6 is 19.3 Å². The SMILES string of the molecule is C[Si](C)(C)N=P(N[Si](C)(C)C)(O[Si](C)(C)C)N(CSc1ccccc1)[Si](C)(C)C. The molecule has 1 atom stereocenters. The van der Waals surface area contributed by atoms with Crippen LogP contribution in [0.4, 0.5) is 0 Å². The zero-order valence-corrected chi connectivity index (χ0v) is 26.5. The molecule has 0 amide bonds. The molecule has 168 valence electrons. The minimum Gasteiger partial charge on any atom is -0.365 e. The summed E-state index contributed by atoms with van der Waals surface area (Å²) in [5.74, 6) is 0.920. The van der Waals surface area contributed by atoms with Crippen molar-refractivity contribution < 1.29 is 4.21 Å². The zero-order valence-electron chi connectivity index (χ0n) is 20.8. The van der Waals surface area contributed by atoms with Gasteiger partial charge in [0.05, 0.1) is 5.88 Å². The lowest BCUT2D eigenvalue weighted by Gasteiger charge is -2.49. The summed E-state index contributed by atoms with van der Waals surface area (Å²) in [6.45, 7) is 28.4. The fraction of sp³-hybridized carbons (Fsp3) is 0.684. The van der Waals surface area contributed by atoms with Gasteiger partial charge in [-0.2, -0.15) is 0 Å². The average Bonchev–Trinajstić information content (AvgIpc) is 2.40. The van der Waals surface area contributed by atoms with E-state index in [1.807, 2.05) is 11.8 Å². The molecule has 0 aliphatic heterocycles. The van der Waals surface area contributed by atoms with E-state index in [9.17, 15) is 0 Å². The van der Waals surface area contributed by atoms with Gasteiger partial charge in [0.2, 0.25) is 0 Å². The van der Waals surface area contributed by atoms with E-state index in [-0.39, 0.29) is 0 Å². The van der Waals surface area contributed by atoms with E-state index < -0.39 is 40.6 Å². The zero-order chi connectivity index (χ0) is 22.7. The van der Waals surface area contributed by atoms with Gasteiger partial charge < -0.3 is 4.21 Å². The van der Waals surface area contributed by atoms with Crippen molar-refractivity contribution in [1.29, 1.82) is 0 Å². The summed E-state index contributed by atoms with van der Waals surface area (Å²) in [5, 5.41) is 0. The molecule has 0 aliphatic rings. The van der Waals surface area contributed by atoms with Crippen LogP contribution in [0.3, 0.4) is 0 Å². The van der Waals surface area contributed by atoms with E-state index >= 15 is 0 Å². The predicted molar refractivity (Wildman–Crippen MR) is 146 cm³/mol. The highest BCUT2D eigenvalue weighted by Crippen LogP contribution is 2.58. The van der Waals surface area contributed by atoms with Crippen LogP contribution in [0.1, 0.15) is 0 Å². The molecule has 10 heteroatoms. The molecule has 0 aromatic heterocycles.